The maximum absolute atomic E-state index is 13.4. The standard InChI is InChI=1S/C15H17FN2O2/c1-19-12-7-4-8-13(20-2)14(12)15(18-17)10-5-3-6-11(16)9-10/h3-9,15,18H,17H2,1-2H3. The average Bonchev–Trinajstić information content (AvgIpc) is 2.48. The lowest BCUT2D eigenvalue weighted by Crippen LogP contribution is -2.29. The number of nitrogens with two attached hydrogens (primary N) is 1. The van der Waals surface area contributed by atoms with Crippen molar-refractivity contribution in [2.24, 2.45) is 5.84 Å². The Bertz CT molecular complexity index is 568. The van der Waals surface area contributed by atoms with Crippen LogP contribution < -0.4 is 20.7 Å². The number of methoxy groups -OCH3 is 2. The lowest BCUT2D eigenvalue weighted by Gasteiger charge is -2.22. The Labute approximate surface area is 117 Å². The van der Waals surface area contributed by atoms with E-state index in [4.69, 9.17) is 15.3 Å². The predicted octanol–water partition coefficient (Wildman–Crippen LogP) is 2.40. The molecule has 0 saturated heterocycles. The molecular weight excluding hydrogens is 259 g/mol. The van der Waals surface area contributed by atoms with Gasteiger partial charge in [-0.3, -0.25) is 5.84 Å². The molecule has 0 bridgehead atoms. The van der Waals surface area contributed by atoms with E-state index in [-0.39, 0.29) is 5.82 Å². The third-order valence-corrected chi connectivity index (χ3v) is 3.10. The van der Waals surface area contributed by atoms with Crippen LogP contribution in [0.5, 0.6) is 11.5 Å². The van der Waals surface area contributed by atoms with Crippen molar-refractivity contribution in [2.75, 3.05) is 14.2 Å². The zero-order chi connectivity index (χ0) is 14.5. The van der Waals surface area contributed by atoms with Gasteiger partial charge in [0.15, 0.2) is 0 Å². The minimum atomic E-state index is -0.434. The molecule has 0 heterocycles. The molecule has 0 aliphatic rings. The molecule has 0 saturated carbocycles. The van der Waals surface area contributed by atoms with Crippen LogP contribution in [-0.4, -0.2) is 14.2 Å². The average molecular weight is 276 g/mol. The second-order valence-corrected chi connectivity index (χ2v) is 4.23. The summed E-state index contributed by atoms with van der Waals surface area (Å²) in [6.07, 6.45) is 0. The molecule has 1 unspecified atom stereocenters. The summed E-state index contributed by atoms with van der Waals surface area (Å²) >= 11 is 0. The van der Waals surface area contributed by atoms with Gasteiger partial charge < -0.3 is 9.47 Å². The van der Waals surface area contributed by atoms with E-state index in [1.165, 1.54) is 12.1 Å². The molecule has 2 aromatic rings. The van der Waals surface area contributed by atoms with Crippen LogP contribution in [0.15, 0.2) is 42.5 Å². The third kappa shape index (κ3) is 2.74. The molecule has 3 N–H and O–H groups in total. The highest BCUT2D eigenvalue weighted by molar-refractivity contribution is 5.50. The van der Waals surface area contributed by atoms with Crippen molar-refractivity contribution in [3.63, 3.8) is 0 Å². The summed E-state index contributed by atoms with van der Waals surface area (Å²) < 4.78 is 24.1. The SMILES string of the molecule is COc1cccc(OC)c1C(NN)c1cccc(F)c1. The Hall–Kier alpha value is -2.11. The number of hydrogen-bond acceptors (Lipinski definition) is 4. The largest absolute Gasteiger partial charge is 0.496 e. The molecule has 0 aliphatic heterocycles. The highest BCUT2D eigenvalue weighted by Crippen LogP contribution is 2.36. The van der Waals surface area contributed by atoms with Crippen molar-refractivity contribution in [1.29, 1.82) is 0 Å². The number of benzene rings is 2. The fourth-order valence-corrected chi connectivity index (χ4v) is 2.20. The van der Waals surface area contributed by atoms with Crippen molar-refractivity contribution in [1.82, 2.24) is 5.43 Å². The molecule has 0 aliphatic carbocycles. The zero-order valence-electron chi connectivity index (χ0n) is 11.4. The maximum Gasteiger partial charge on any atom is 0.127 e. The van der Waals surface area contributed by atoms with Crippen molar-refractivity contribution < 1.29 is 13.9 Å². The van der Waals surface area contributed by atoms with Crippen LogP contribution in [0.3, 0.4) is 0 Å². The summed E-state index contributed by atoms with van der Waals surface area (Å²) in [5.74, 6) is 6.57. The van der Waals surface area contributed by atoms with Crippen LogP contribution in [0.25, 0.3) is 0 Å². The molecule has 106 valence electrons. The van der Waals surface area contributed by atoms with Crippen molar-refractivity contribution in [3.05, 3.63) is 59.4 Å². The van der Waals surface area contributed by atoms with Gasteiger partial charge in [-0.15, -0.1) is 0 Å². The van der Waals surface area contributed by atoms with Gasteiger partial charge >= 0.3 is 0 Å². The van der Waals surface area contributed by atoms with Gasteiger partial charge in [0.2, 0.25) is 0 Å². The first-order valence-corrected chi connectivity index (χ1v) is 6.13. The van der Waals surface area contributed by atoms with E-state index in [1.54, 1.807) is 26.4 Å². The third-order valence-electron chi connectivity index (χ3n) is 3.10. The molecule has 0 radical (unpaired) electrons. The molecule has 0 spiro atoms. The van der Waals surface area contributed by atoms with Crippen LogP contribution >= 0.6 is 0 Å². The lowest BCUT2D eigenvalue weighted by molar-refractivity contribution is 0.377. The monoisotopic (exact) mass is 276 g/mol. The maximum atomic E-state index is 13.4. The number of hydrogen-bond donors (Lipinski definition) is 2. The molecule has 0 amide bonds. The minimum Gasteiger partial charge on any atom is -0.496 e. The van der Waals surface area contributed by atoms with Gasteiger partial charge in [0.25, 0.3) is 0 Å². The Kier molecular flexibility index (Phi) is 4.55. The summed E-state index contributed by atoms with van der Waals surface area (Å²) in [6, 6.07) is 11.2. The Morgan fingerprint density at radius 1 is 1.05 bits per heavy atom. The number of nitrogens with one attached hydrogen (secondary N) is 1. The number of hydrazine groups is 1. The van der Waals surface area contributed by atoms with Gasteiger partial charge in [-0.05, 0) is 29.8 Å². The smallest absolute Gasteiger partial charge is 0.127 e. The van der Waals surface area contributed by atoms with Gasteiger partial charge in [0.1, 0.15) is 17.3 Å². The highest BCUT2D eigenvalue weighted by atomic mass is 19.1. The van der Waals surface area contributed by atoms with E-state index in [9.17, 15) is 4.39 Å². The molecule has 0 aromatic heterocycles. The molecule has 1 atom stereocenters. The van der Waals surface area contributed by atoms with Gasteiger partial charge in [-0.25, -0.2) is 9.82 Å². The van der Waals surface area contributed by atoms with Crippen molar-refractivity contribution in [2.45, 2.75) is 6.04 Å². The molecule has 20 heavy (non-hydrogen) atoms. The van der Waals surface area contributed by atoms with Crippen molar-refractivity contribution in [3.8, 4) is 11.5 Å². The molecular formula is C15H17FN2O2. The summed E-state index contributed by atoms with van der Waals surface area (Å²) in [4.78, 5) is 0. The van der Waals surface area contributed by atoms with E-state index in [1.807, 2.05) is 18.2 Å². The Morgan fingerprint density at radius 3 is 2.15 bits per heavy atom. The second-order valence-electron chi connectivity index (χ2n) is 4.23. The number of rotatable bonds is 5. The normalized spacial score (nSPS) is 12.0. The summed E-state index contributed by atoms with van der Waals surface area (Å²) in [6.45, 7) is 0. The van der Waals surface area contributed by atoms with Crippen LogP contribution in [0.4, 0.5) is 4.39 Å². The van der Waals surface area contributed by atoms with E-state index in [0.717, 1.165) is 5.56 Å². The van der Waals surface area contributed by atoms with Gasteiger partial charge in [-0.1, -0.05) is 18.2 Å². The zero-order valence-corrected chi connectivity index (χ0v) is 11.4. The second kappa shape index (κ2) is 6.36. The molecule has 2 aromatic carbocycles. The quantitative estimate of drug-likeness (QED) is 0.650. The first-order chi connectivity index (χ1) is 9.71. The fourth-order valence-electron chi connectivity index (χ4n) is 2.20. The Morgan fingerprint density at radius 2 is 1.65 bits per heavy atom. The van der Waals surface area contributed by atoms with Gasteiger partial charge in [-0.2, -0.15) is 0 Å². The molecule has 0 fully saturated rings. The van der Waals surface area contributed by atoms with E-state index in [0.29, 0.717) is 17.1 Å². The van der Waals surface area contributed by atoms with Crippen LogP contribution in [0, 0.1) is 5.82 Å². The van der Waals surface area contributed by atoms with Crippen molar-refractivity contribution >= 4 is 0 Å². The van der Waals surface area contributed by atoms with E-state index in [2.05, 4.69) is 5.43 Å². The molecule has 2 rings (SSSR count). The number of ether oxygens (including phenoxy) is 2. The van der Waals surface area contributed by atoms with Gasteiger partial charge in [0, 0.05) is 0 Å². The Balaban J connectivity index is 2.57. The fraction of sp³-hybridized carbons (Fsp3) is 0.200. The highest BCUT2D eigenvalue weighted by Gasteiger charge is 2.21. The van der Waals surface area contributed by atoms with Crippen LogP contribution in [0.1, 0.15) is 17.2 Å². The van der Waals surface area contributed by atoms with Gasteiger partial charge in [0.05, 0.1) is 25.8 Å². The first-order valence-electron chi connectivity index (χ1n) is 6.13. The van der Waals surface area contributed by atoms with E-state index < -0.39 is 6.04 Å². The van der Waals surface area contributed by atoms with Crippen LogP contribution in [-0.2, 0) is 0 Å². The summed E-state index contributed by atoms with van der Waals surface area (Å²) in [5.41, 5.74) is 4.10. The topological polar surface area (TPSA) is 56.5 Å². The summed E-state index contributed by atoms with van der Waals surface area (Å²) in [7, 11) is 3.13. The lowest BCUT2D eigenvalue weighted by atomic mass is 9.97. The first kappa shape index (κ1) is 14.3. The minimum absolute atomic E-state index is 0.323. The predicted molar refractivity (Wildman–Crippen MR) is 75.1 cm³/mol. The van der Waals surface area contributed by atoms with E-state index >= 15 is 0 Å². The van der Waals surface area contributed by atoms with Crippen LogP contribution in [0.2, 0.25) is 0 Å². The summed E-state index contributed by atoms with van der Waals surface area (Å²) in [5, 5.41) is 0. The molecule has 4 nitrogen and oxygen atoms in total. The molecule has 5 heteroatoms. The number of halogens is 1.